The number of unbranched alkanes of at least 4 members (excludes halogenated alkanes) is 1. The van der Waals surface area contributed by atoms with Crippen LogP contribution in [0.2, 0.25) is 0 Å². The predicted molar refractivity (Wildman–Crippen MR) is 299 cm³/mol. The first-order chi connectivity index (χ1) is 37.3. The van der Waals surface area contributed by atoms with Gasteiger partial charge in [-0.3, -0.25) is 0 Å². The van der Waals surface area contributed by atoms with Crippen LogP contribution in [0.5, 0.6) is 34.5 Å². The smallest absolute Gasteiger partial charge is 0.335 e. The molecule has 14 heteroatoms. The molecule has 0 radical (unpaired) electrons. The van der Waals surface area contributed by atoms with Crippen LogP contribution in [0.3, 0.4) is 0 Å². The minimum Gasteiger partial charge on any atom is -0.492 e. The van der Waals surface area contributed by atoms with E-state index >= 15 is 0 Å². The molecular weight excluding hydrogens is 977 g/mol. The monoisotopic (exact) mass is 1050 g/mol. The average molecular weight is 1050 g/mol. The predicted octanol–water partition coefficient (Wildman–Crippen LogP) is 8.28. The Morgan fingerprint density at radius 2 is 0.753 bits per heavy atom. The van der Waals surface area contributed by atoms with Crippen molar-refractivity contribution in [2.75, 3.05) is 143 Å². The Hall–Kier alpha value is -7.63. The second kappa shape index (κ2) is 32.7. The highest BCUT2D eigenvalue weighted by molar-refractivity contribution is 5.87. The third kappa shape index (κ3) is 21.5. The van der Waals surface area contributed by atoms with Gasteiger partial charge in [0.25, 0.3) is 0 Å². The fourth-order valence-corrected chi connectivity index (χ4v) is 7.12. The maximum Gasteiger partial charge on any atom is 0.335 e. The maximum absolute atomic E-state index is 11.5. The lowest BCUT2D eigenvalue weighted by Gasteiger charge is -2.23. The van der Waals surface area contributed by atoms with E-state index in [4.69, 9.17) is 47.4 Å². The van der Waals surface area contributed by atoms with Gasteiger partial charge in [0.1, 0.15) is 60.9 Å². The highest BCUT2D eigenvalue weighted by Gasteiger charge is 2.17. The molecule has 0 spiro atoms. The van der Waals surface area contributed by atoms with Gasteiger partial charge in [0.05, 0.1) is 106 Å². The van der Waals surface area contributed by atoms with E-state index in [2.05, 4.69) is 87.5 Å². The quantitative estimate of drug-likeness (QED) is 0.0293. The molecule has 0 aliphatic rings. The summed E-state index contributed by atoms with van der Waals surface area (Å²) in [5.74, 6) is 28.4. The van der Waals surface area contributed by atoms with Crippen molar-refractivity contribution in [2.45, 2.75) is 19.3 Å². The minimum atomic E-state index is -1.02. The number of methoxy groups -OCH3 is 4. The molecule has 5 aromatic rings. The van der Waals surface area contributed by atoms with Crippen LogP contribution in [0.25, 0.3) is 0 Å². The Morgan fingerprint density at radius 3 is 1.08 bits per heavy atom. The molecule has 406 valence electrons. The zero-order chi connectivity index (χ0) is 55.3. The van der Waals surface area contributed by atoms with Gasteiger partial charge in [-0.15, -0.1) is 0 Å². The van der Waals surface area contributed by atoms with Crippen molar-refractivity contribution in [1.29, 1.82) is 0 Å². The number of hydrogen-bond donors (Lipinski definition) is 1. The molecule has 0 saturated carbocycles. The van der Waals surface area contributed by atoms with Crippen LogP contribution in [0, 0.1) is 47.4 Å². The molecule has 0 aliphatic heterocycles. The van der Waals surface area contributed by atoms with Gasteiger partial charge < -0.3 is 61.9 Å². The van der Waals surface area contributed by atoms with Crippen LogP contribution in [0.1, 0.15) is 74.1 Å². The molecule has 0 unspecified atom stereocenters. The van der Waals surface area contributed by atoms with Crippen molar-refractivity contribution in [3.05, 3.63) is 141 Å². The number of carbonyl (C=O) groups is 1. The number of nitrogens with zero attached hydrogens (tertiary/aromatic N) is 2. The lowest BCUT2D eigenvalue weighted by atomic mass is 10.0. The molecule has 5 aromatic carbocycles. The summed E-state index contributed by atoms with van der Waals surface area (Å²) >= 11 is 0. The van der Waals surface area contributed by atoms with Crippen LogP contribution < -0.4 is 28.4 Å². The fourth-order valence-electron chi connectivity index (χ4n) is 7.12. The van der Waals surface area contributed by atoms with E-state index in [1.807, 2.05) is 54.6 Å². The number of aromatic carboxylic acids is 1. The van der Waals surface area contributed by atoms with Crippen molar-refractivity contribution >= 4 is 5.97 Å². The molecule has 1 N–H and O–H groups in total. The molecule has 0 saturated heterocycles. The van der Waals surface area contributed by atoms with Gasteiger partial charge in [-0.25, -0.2) is 4.79 Å². The topological polar surface area (TPSA) is 133 Å². The van der Waals surface area contributed by atoms with E-state index in [1.54, 1.807) is 52.7 Å². The fraction of sp³-hybridized carbons (Fsp3) is 0.381. The second-order valence-corrected chi connectivity index (χ2v) is 18.7. The standard InChI is InChI=1S/C63H72N2O12/c1-64(2)30-13-14-32-72-57-44-54(27-29-56-47-60(75-39-35-69-7)52(43-62(56)77-41-37-71-9)25-21-49-18-22-50(23-19-49)63(66)67)58(73-33-15-31-65(3,4)5)45-53(57)26-28-55-46-59(74-38-34-68-6)51(42-61(55)76-40-36-70-8)24-20-48-16-11-10-12-17-48/h10-12,16-19,22-23,42-47H,13-15,30-41H2,1-9H3/p+1. The number of hydrogen-bond acceptors (Lipinski definition) is 12. The lowest BCUT2D eigenvalue weighted by molar-refractivity contribution is -0.870. The highest BCUT2D eigenvalue weighted by Crippen LogP contribution is 2.33. The number of benzene rings is 5. The maximum atomic E-state index is 11.5. The van der Waals surface area contributed by atoms with Gasteiger partial charge in [-0.05, 0) is 69.9 Å². The van der Waals surface area contributed by atoms with Crippen molar-refractivity contribution in [3.63, 3.8) is 0 Å². The van der Waals surface area contributed by atoms with E-state index < -0.39 is 5.97 Å². The van der Waals surface area contributed by atoms with Gasteiger partial charge >= 0.3 is 5.97 Å². The Morgan fingerprint density at radius 1 is 0.429 bits per heavy atom. The molecule has 5 rings (SSSR count). The van der Waals surface area contributed by atoms with Crippen LogP contribution in [-0.4, -0.2) is 163 Å². The molecule has 0 aliphatic carbocycles. The zero-order valence-electron chi connectivity index (χ0n) is 46.1. The molecule has 0 amide bonds. The molecule has 0 aromatic heterocycles. The summed E-state index contributed by atoms with van der Waals surface area (Å²) in [4.78, 5) is 13.6. The highest BCUT2D eigenvalue weighted by atomic mass is 16.5. The molecule has 0 bridgehead atoms. The van der Waals surface area contributed by atoms with Gasteiger partial charge in [-0.1, -0.05) is 65.6 Å². The van der Waals surface area contributed by atoms with Gasteiger partial charge in [0.15, 0.2) is 0 Å². The van der Waals surface area contributed by atoms with E-state index in [-0.39, 0.29) is 25.4 Å². The third-order valence-electron chi connectivity index (χ3n) is 11.2. The van der Waals surface area contributed by atoms with E-state index in [0.717, 1.165) is 42.4 Å². The van der Waals surface area contributed by atoms with E-state index in [9.17, 15) is 9.90 Å². The third-order valence-corrected chi connectivity index (χ3v) is 11.2. The van der Waals surface area contributed by atoms with Crippen LogP contribution in [-0.2, 0) is 18.9 Å². The number of quaternary nitrogens is 1. The molecule has 0 heterocycles. The summed E-state index contributed by atoms with van der Waals surface area (Å²) < 4.78 is 60.4. The first kappa shape index (κ1) is 60.2. The van der Waals surface area contributed by atoms with Gasteiger partial charge in [0, 0.05) is 82.4 Å². The van der Waals surface area contributed by atoms with Crippen LogP contribution in [0.4, 0.5) is 0 Å². The largest absolute Gasteiger partial charge is 0.492 e. The first-order valence-corrected chi connectivity index (χ1v) is 25.5. The molecule has 0 atom stereocenters. The van der Waals surface area contributed by atoms with Gasteiger partial charge in [0.2, 0.25) is 0 Å². The Kier molecular flexibility index (Phi) is 25.6. The van der Waals surface area contributed by atoms with Crippen molar-refractivity contribution in [3.8, 4) is 81.9 Å². The van der Waals surface area contributed by atoms with Crippen LogP contribution >= 0.6 is 0 Å². The summed E-state index contributed by atoms with van der Waals surface area (Å²) in [6.45, 7) is 5.10. The average Bonchev–Trinajstić information content (AvgIpc) is 3.41. The number of ether oxygens (including phenoxy) is 10. The Balaban J connectivity index is 1.69. The van der Waals surface area contributed by atoms with Gasteiger partial charge in [-0.2, -0.15) is 0 Å². The molecular formula is C63H73N2O12+. The Bertz CT molecular complexity index is 2920. The molecule has 14 nitrogen and oxygen atoms in total. The lowest BCUT2D eigenvalue weighted by Crippen LogP contribution is -2.36. The summed E-state index contributed by atoms with van der Waals surface area (Å²) in [6.07, 6.45) is 2.51. The minimum absolute atomic E-state index is 0.166. The van der Waals surface area contributed by atoms with Crippen LogP contribution in [0.15, 0.2) is 91.0 Å². The SMILES string of the molecule is COCCOc1cc(C#Cc2cc(OCCC[N+](C)(C)C)c(C#Cc3cc(OCCOC)c(C#Cc4ccc(C(=O)O)cc4)cc3OCCOC)cc2OCCCCN(C)C)c(OCCOC)cc1C#Cc1ccccc1. The molecule has 0 fully saturated rings. The van der Waals surface area contributed by atoms with E-state index in [1.165, 1.54) is 12.1 Å². The van der Waals surface area contributed by atoms with Crippen molar-refractivity contribution in [2.24, 2.45) is 0 Å². The second-order valence-electron chi connectivity index (χ2n) is 18.7. The number of rotatable bonds is 28. The van der Waals surface area contributed by atoms with Crippen molar-refractivity contribution < 1.29 is 61.8 Å². The first-order valence-electron chi connectivity index (χ1n) is 25.5. The number of carboxylic acid groups (broad SMARTS) is 1. The number of carboxylic acids is 1. The van der Waals surface area contributed by atoms with E-state index in [0.29, 0.717) is 120 Å². The molecule has 77 heavy (non-hydrogen) atoms. The summed E-state index contributed by atoms with van der Waals surface area (Å²) in [7, 11) is 17.0. The Labute approximate surface area is 456 Å². The van der Waals surface area contributed by atoms with Crippen molar-refractivity contribution in [1.82, 2.24) is 4.90 Å². The summed E-state index contributed by atoms with van der Waals surface area (Å²) in [6, 6.07) is 27.1. The normalized spacial score (nSPS) is 10.7. The summed E-state index contributed by atoms with van der Waals surface area (Å²) in [5.41, 5.74) is 5.05. The summed E-state index contributed by atoms with van der Waals surface area (Å²) in [5, 5.41) is 9.41. The zero-order valence-corrected chi connectivity index (χ0v) is 46.1.